The predicted octanol–water partition coefficient (Wildman–Crippen LogP) is -0.117. The van der Waals surface area contributed by atoms with Crippen LogP contribution in [-0.2, 0) is 4.79 Å². The molecule has 1 unspecified atom stereocenters. The lowest BCUT2D eigenvalue weighted by atomic mass is 10.2. The summed E-state index contributed by atoms with van der Waals surface area (Å²) in [7, 11) is 0. The number of hydrogen-bond acceptors (Lipinski definition) is 2. The Labute approximate surface area is 61.3 Å². The third-order valence-corrected chi connectivity index (χ3v) is 1.22. The molecule has 1 atom stereocenters. The number of hydrogen-bond donors (Lipinski definition) is 2. The van der Waals surface area contributed by atoms with Crippen LogP contribution in [0.1, 0.15) is 6.92 Å². The highest BCUT2D eigenvalue weighted by Crippen LogP contribution is 1.88. The molecular formula is C7H14N2O. The molecule has 3 N–H and O–H groups in total. The minimum Gasteiger partial charge on any atom is -0.369 e. The standard InChI is InChI=1S/C7H14N2O/c1-3-4-9-5-6(2)7(8)10/h3,6,9H,1,4-5H2,2H3,(H2,8,10). The molecule has 0 heterocycles. The van der Waals surface area contributed by atoms with Crippen molar-refractivity contribution in [2.75, 3.05) is 13.1 Å². The van der Waals surface area contributed by atoms with Gasteiger partial charge in [0.2, 0.25) is 5.91 Å². The molecule has 0 saturated carbocycles. The number of amides is 1. The van der Waals surface area contributed by atoms with Crippen LogP contribution >= 0.6 is 0 Å². The third kappa shape index (κ3) is 4.09. The number of rotatable bonds is 5. The van der Waals surface area contributed by atoms with Crippen LogP contribution in [0.5, 0.6) is 0 Å². The van der Waals surface area contributed by atoms with Gasteiger partial charge in [-0.1, -0.05) is 13.0 Å². The van der Waals surface area contributed by atoms with E-state index in [2.05, 4.69) is 11.9 Å². The Morgan fingerprint density at radius 2 is 2.50 bits per heavy atom. The van der Waals surface area contributed by atoms with Gasteiger partial charge in [0.05, 0.1) is 0 Å². The summed E-state index contributed by atoms with van der Waals surface area (Å²) in [5.74, 6) is -0.364. The lowest BCUT2D eigenvalue weighted by Crippen LogP contribution is -2.30. The second-order valence-electron chi connectivity index (χ2n) is 2.25. The molecule has 0 aromatic carbocycles. The largest absolute Gasteiger partial charge is 0.369 e. The Balaban J connectivity index is 3.30. The van der Waals surface area contributed by atoms with E-state index >= 15 is 0 Å². The van der Waals surface area contributed by atoms with Crippen molar-refractivity contribution < 1.29 is 4.79 Å². The van der Waals surface area contributed by atoms with Gasteiger partial charge < -0.3 is 11.1 Å². The first-order chi connectivity index (χ1) is 4.68. The van der Waals surface area contributed by atoms with Crippen molar-refractivity contribution in [3.63, 3.8) is 0 Å². The highest BCUT2D eigenvalue weighted by atomic mass is 16.1. The number of primary amides is 1. The average molecular weight is 142 g/mol. The van der Waals surface area contributed by atoms with E-state index in [4.69, 9.17) is 5.73 Å². The first-order valence-corrected chi connectivity index (χ1v) is 3.29. The van der Waals surface area contributed by atoms with Crippen LogP contribution < -0.4 is 11.1 Å². The molecule has 10 heavy (non-hydrogen) atoms. The van der Waals surface area contributed by atoms with Crippen molar-refractivity contribution in [2.24, 2.45) is 11.7 Å². The maximum absolute atomic E-state index is 10.4. The first-order valence-electron chi connectivity index (χ1n) is 3.29. The number of nitrogens with two attached hydrogens (primary N) is 1. The zero-order chi connectivity index (χ0) is 7.98. The zero-order valence-electron chi connectivity index (χ0n) is 6.26. The van der Waals surface area contributed by atoms with E-state index < -0.39 is 0 Å². The van der Waals surface area contributed by atoms with Gasteiger partial charge in [0.25, 0.3) is 0 Å². The van der Waals surface area contributed by atoms with Gasteiger partial charge in [-0.3, -0.25) is 4.79 Å². The van der Waals surface area contributed by atoms with E-state index in [9.17, 15) is 4.79 Å². The molecule has 0 aromatic rings. The van der Waals surface area contributed by atoms with E-state index in [0.29, 0.717) is 6.54 Å². The lowest BCUT2D eigenvalue weighted by Gasteiger charge is -2.05. The molecule has 0 aliphatic carbocycles. The van der Waals surface area contributed by atoms with Crippen LogP contribution in [0.15, 0.2) is 12.7 Å². The minimum absolute atomic E-state index is 0.0973. The van der Waals surface area contributed by atoms with E-state index in [-0.39, 0.29) is 11.8 Å². The predicted molar refractivity (Wildman–Crippen MR) is 41.4 cm³/mol. The molecule has 0 aliphatic rings. The fourth-order valence-electron chi connectivity index (χ4n) is 0.502. The summed E-state index contributed by atoms with van der Waals surface area (Å²) < 4.78 is 0. The number of carbonyl (C=O) groups is 1. The van der Waals surface area contributed by atoms with Crippen LogP contribution in [0.3, 0.4) is 0 Å². The summed E-state index contributed by atoms with van der Waals surface area (Å²) in [6.07, 6.45) is 1.74. The Hall–Kier alpha value is -0.830. The summed E-state index contributed by atoms with van der Waals surface area (Å²) in [6.45, 7) is 6.66. The summed E-state index contributed by atoms with van der Waals surface area (Å²) >= 11 is 0. The quantitative estimate of drug-likeness (QED) is 0.415. The van der Waals surface area contributed by atoms with Gasteiger partial charge in [-0.2, -0.15) is 0 Å². The number of nitrogens with one attached hydrogen (secondary N) is 1. The van der Waals surface area contributed by atoms with E-state index in [1.54, 1.807) is 13.0 Å². The first kappa shape index (κ1) is 9.17. The average Bonchev–Trinajstić information content (AvgIpc) is 1.88. The fourth-order valence-corrected chi connectivity index (χ4v) is 0.502. The summed E-state index contributed by atoms with van der Waals surface area (Å²) in [5.41, 5.74) is 5.01. The van der Waals surface area contributed by atoms with Crippen LogP contribution in [0.25, 0.3) is 0 Å². The maximum atomic E-state index is 10.4. The molecule has 0 aromatic heterocycles. The van der Waals surface area contributed by atoms with Gasteiger partial charge in [0, 0.05) is 19.0 Å². The molecule has 3 nitrogen and oxygen atoms in total. The van der Waals surface area contributed by atoms with Gasteiger partial charge in [-0.15, -0.1) is 6.58 Å². The lowest BCUT2D eigenvalue weighted by molar-refractivity contribution is -0.121. The molecule has 0 aliphatic heterocycles. The normalized spacial score (nSPS) is 12.5. The van der Waals surface area contributed by atoms with Gasteiger partial charge in [0.1, 0.15) is 0 Å². The molecule has 0 spiro atoms. The summed E-state index contributed by atoms with van der Waals surface area (Å²) in [4.78, 5) is 10.4. The van der Waals surface area contributed by atoms with Crippen molar-refractivity contribution in [1.29, 1.82) is 0 Å². The van der Waals surface area contributed by atoms with Crippen molar-refractivity contribution in [1.82, 2.24) is 5.32 Å². The SMILES string of the molecule is C=CCNCC(C)C(N)=O. The Morgan fingerprint density at radius 3 is 2.90 bits per heavy atom. The zero-order valence-corrected chi connectivity index (χ0v) is 6.26. The van der Waals surface area contributed by atoms with Crippen LogP contribution in [-0.4, -0.2) is 19.0 Å². The Bertz CT molecular complexity index is 123. The molecule has 0 bridgehead atoms. The Morgan fingerprint density at radius 1 is 1.90 bits per heavy atom. The topological polar surface area (TPSA) is 55.1 Å². The minimum atomic E-state index is -0.267. The van der Waals surface area contributed by atoms with E-state index in [0.717, 1.165) is 6.54 Å². The van der Waals surface area contributed by atoms with Gasteiger partial charge in [-0.05, 0) is 0 Å². The summed E-state index contributed by atoms with van der Waals surface area (Å²) in [6, 6.07) is 0. The van der Waals surface area contributed by atoms with Crippen LogP contribution in [0.2, 0.25) is 0 Å². The van der Waals surface area contributed by atoms with Gasteiger partial charge in [0.15, 0.2) is 0 Å². The molecule has 0 radical (unpaired) electrons. The maximum Gasteiger partial charge on any atom is 0.221 e. The van der Waals surface area contributed by atoms with E-state index in [1.165, 1.54) is 0 Å². The highest BCUT2D eigenvalue weighted by Gasteiger charge is 2.05. The van der Waals surface area contributed by atoms with Crippen molar-refractivity contribution >= 4 is 5.91 Å². The smallest absolute Gasteiger partial charge is 0.221 e. The second-order valence-corrected chi connectivity index (χ2v) is 2.25. The third-order valence-electron chi connectivity index (χ3n) is 1.22. The molecule has 0 rings (SSSR count). The molecule has 58 valence electrons. The van der Waals surface area contributed by atoms with Crippen molar-refractivity contribution in [3.8, 4) is 0 Å². The molecule has 3 heteroatoms. The van der Waals surface area contributed by atoms with Gasteiger partial charge >= 0.3 is 0 Å². The van der Waals surface area contributed by atoms with Gasteiger partial charge in [-0.25, -0.2) is 0 Å². The monoisotopic (exact) mass is 142 g/mol. The van der Waals surface area contributed by atoms with Crippen LogP contribution in [0, 0.1) is 5.92 Å². The van der Waals surface area contributed by atoms with Crippen molar-refractivity contribution in [2.45, 2.75) is 6.92 Å². The Kier molecular flexibility index (Phi) is 4.58. The number of carbonyl (C=O) groups excluding carboxylic acids is 1. The summed E-state index contributed by atoms with van der Waals surface area (Å²) in [5, 5.41) is 3.00. The van der Waals surface area contributed by atoms with E-state index in [1.807, 2.05) is 0 Å². The highest BCUT2D eigenvalue weighted by molar-refractivity contribution is 5.76. The van der Waals surface area contributed by atoms with Crippen molar-refractivity contribution in [3.05, 3.63) is 12.7 Å². The molecule has 0 fully saturated rings. The second kappa shape index (κ2) is 4.99. The molecule has 1 amide bonds. The fraction of sp³-hybridized carbons (Fsp3) is 0.571. The van der Waals surface area contributed by atoms with Crippen LogP contribution in [0.4, 0.5) is 0 Å². The molecular weight excluding hydrogens is 128 g/mol. The molecule has 0 saturated heterocycles.